The van der Waals surface area contributed by atoms with Gasteiger partial charge in [0.05, 0.1) is 12.6 Å². The van der Waals surface area contributed by atoms with Crippen LogP contribution in [0.15, 0.2) is 18.2 Å². The summed E-state index contributed by atoms with van der Waals surface area (Å²) in [6.45, 7) is 1.97. The van der Waals surface area contributed by atoms with E-state index < -0.39 is 0 Å². The fourth-order valence-electron chi connectivity index (χ4n) is 1.70. The predicted octanol–water partition coefficient (Wildman–Crippen LogP) is 1.26. The van der Waals surface area contributed by atoms with Crippen LogP contribution in [-0.4, -0.2) is 37.4 Å². The van der Waals surface area contributed by atoms with E-state index >= 15 is 0 Å². The highest BCUT2D eigenvalue weighted by molar-refractivity contribution is 5.95. The molecule has 0 heterocycles. The van der Waals surface area contributed by atoms with Gasteiger partial charge in [-0.25, -0.2) is 4.39 Å². The van der Waals surface area contributed by atoms with Crippen LogP contribution in [0.2, 0.25) is 0 Å². The number of amides is 1. The number of aryl methyl sites for hydroxylation is 1. The minimum Gasteiger partial charge on any atom is -0.396 e. The molecule has 0 aliphatic rings. The molecule has 5 heteroatoms. The molecule has 4 nitrogen and oxygen atoms in total. The Labute approximate surface area is 106 Å². The molecule has 100 valence electrons. The summed E-state index contributed by atoms with van der Waals surface area (Å²) < 4.78 is 17.9. The van der Waals surface area contributed by atoms with Gasteiger partial charge in [-0.2, -0.15) is 0 Å². The summed E-state index contributed by atoms with van der Waals surface area (Å²) >= 11 is 0. The number of rotatable bonds is 6. The van der Waals surface area contributed by atoms with Crippen molar-refractivity contribution in [3.63, 3.8) is 0 Å². The zero-order valence-corrected chi connectivity index (χ0v) is 10.6. The van der Waals surface area contributed by atoms with Crippen LogP contribution in [0, 0.1) is 12.7 Å². The Hall–Kier alpha value is -1.46. The lowest BCUT2D eigenvalue weighted by atomic mass is 10.1. The monoisotopic (exact) mass is 255 g/mol. The summed E-state index contributed by atoms with van der Waals surface area (Å²) in [5, 5.41) is 11.6. The Kier molecular flexibility index (Phi) is 5.74. The van der Waals surface area contributed by atoms with Crippen LogP contribution in [-0.2, 0) is 4.74 Å². The van der Waals surface area contributed by atoms with Crippen LogP contribution in [0.3, 0.4) is 0 Å². The maximum absolute atomic E-state index is 12.9. The molecule has 1 amide bonds. The van der Waals surface area contributed by atoms with Crippen LogP contribution in [0.5, 0.6) is 0 Å². The summed E-state index contributed by atoms with van der Waals surface area (Å²) in [5.74, 6) is -0.657. The summed E-state index contributed by atoms with van der Waals surface area (Å²) in [5.41, 5.74) is 1.00. The van der Waals surface area contributed by atoms with Gasteiger partial charge in [0.2, 0.25) is 0 Å². The number of carbonyl (C=O) groups is 1. The zero-order valence-electron chi connectivity index (χ0n) is 10.6. The zero-order chi connectivity index (χ0) is 13.5. The van der Waals surface area contributed by atoms with Gasteiger partial charge in [0.1, 0.15) is 5.82 Å². The van der Waals surface area contributed by atoms with Crippen LogP contribution >= 0.6 is 0 Å². The van der Waals surface area contributed by atoms with Gasteiger partial charge in [-0.15, -0.1) is 0 Å². The van der Waals surface area contributed by atoms with E-state index in [0.717, 1.165) is 0 Å². The average Bonchev–Trinajstić information content (AvgIpc) is 2.29. The molecule has 0 aliphatic heterocycles. The summed E-state index contributed by atoms with van der Waals surface area (Å²) in [7, 11) is 1.53. The molecule has 0 saturated heterocycles. The molecule has 0 spiro atoms. The standard InChI is InChI=1S/C13H18FNO3/c1-9-7-10(14)3-4-12(9)13(17)15-11(5-6-16)8-18-2/h3-4,7,11,16H,5-6,8H2,1-2H3,(H,15,17). The van der Waals surface area contributed by atoms with Gasteiger partial charge in [-0.1, -0.05) is 0 Å². The van der Waals surface area contributed by atoms with Crippen molar-refractivity contribution in [2.24, 2.45) is 0 Å². The van der Waals surface area contributed by atoms with Crippen molar-refractivity contribution in [1.29, 1.82) is 0 Å². The fraction of sp³-hybridized carbons (Fsp3) is 0.462. The Morgan fingerprint density at radius 3 is 2.83 bits per heavy atom. The quantitative estimate of drug-likeness (QED) is 0.804. The summed E-state index contributed by atoms with van der Waals surface area (Å²) in [4.78, 5) is 12.0. The number of nitrogens with one attached hydrogen (secondary N) is 1. The van der Waals surface area contributed by atoms with Crippen molar-refractivity contribution < 1.29 is 19.0 Å². The number of ether oxygens (including phenoxy) is 1. The van der Waals surface area contributed by atoms with Crippen molar-refractivity contribution in [2.45, 2.75) is 19.4 Å². The third kappa shape index (κ3) is 4.09. The van der Waals surface area contributed by atoms with E-state index in [2.05, 4.69) is 5.32 Å². The number of aliphatic hydroxyl groups is 1. The second-order valence-electron chi connectivity index (χ2n) is 4.10. The van der Waals surface area contributed by atoms with Gasteiger partial charge in [0, 0.05) is 19.3 Å². The molecule has 0 fully saturated rings. The maximum Gasteiger partial charge on any atom is 0.251 e. The second-order valence-corrected chi connectivity index (χ2v) is 4.10. The van der Waals surface area contributed by atoms with Crippen molar-refractivity contribution in [3.05, 3.63) is 35.1 Å². The minimum atomic E-state index is -0.368. The minimum absolute atomic E-state index is 0.0310. The largest absolute Gasteiger partial charge is 0.396 e. The predicted molar refractivity (Wildman–Crippen MR) is 66.0 cm³/mol. The normalized spacial score (nSPS) is 12.2. The first-order valence-corrected chi connectivity index (χ1v) is 5.75. The number of hydrogen-bond acceptors (Lipinski definition) is 3. The van der Waals surface area contributed by atoms with Crippen molar-refractivity contribution >= 4 is 5.91 Å². The van der Waals surface area contributed by atoms with Crippen LogP contribution in [0.25, 0.3) is 0 Å². The average molecular weight is 255 g/mol. The first-order valence-electron chi connectivity index (χ1n) is 5.75. The molecule has 1 rings (SSSR count). The second kappa shape index (κ2) is 7.08. The van der Waals surface area contributed by atoms with Gasteiger partial charge in [0.15, 0.2) is 0 Å². The van der Waals surface area contributed by atoms with E-state index in [1.165, 1.54) is 25.3 Å². The maximum atomic E-state index is 12.9. The Morgan fingerprint density at radius 2 is 2.28 bits per heavy atom. The van der Waals surface area contributed by atoms with Crippen molar-refractivity contribution in [3.8, 4) is 0 Å². The number of hydrogen-bond donors (Lipinski definition) is 2. The van der Waals surface area contributed by atoms with Crippen molar-refractivity contribution in [1.82, 2.24) is 5.32 Å². The number of halogens is 1. The highest BCUT2D eigenvalue weighted by Gasteiger charge is 2.15. The third-order valence-corrected chi connectivity index (χ3v) is 2.61. The van der Waals surface area contributed by atoms with E-state index in [9.17, 15) is 9.18 Å². The Morgan fingerprint density at radius 1 is 1.56 bits per heavy atom. The van der Waals surface area contributed by atoms with Gasteiger partial charge >= 0.3 is 0 Å². The van der Waals surface area contributed by atoms with E-state index in [0.29, 0.717) is 24.2 Å². The van der Waals surface area contributed by atoms with Gasteiger partial charge in [-0.3, -0.25) is 4.79 Å². The molecule has 0 bridgehead atoms. The van der Waals surface area contributed by atoms with E-state index in [1.807, 2.05) is 0 Å². The molecule has 1 unspecified atom stereocenters. The number of carbonyl (C=O) groups excluding carboxylic acids is 1. The Balaban J connectivity index is 2.73. The highest BCUT2D eigenvalue weighted by Crippen LogP contribution is 2.10. The molecule has 0 aliphatic carbocycles. The third-order valence-electron chi connectivity index (χ3n) is 2.61. The number of benzene rings is 1. The lowest BCUT2D eigenvalue weighted by Gasteiger charge is -2.17. The molecular weight excluding hydrogens is 237 g/mol. The molecule has 0 saturated carbocycles. The topological polar surface area (TPSA) is 58.6 Å². The van der Waals surface area contributed by atoms with Gasteiger partial charge in [0.25, 0.3) is 5.91 Å². The molecule has 2 N–H and O–H groups in total. The molecule has 18 heavy (non-hydrogen) atoms. The van der Waals surface area contributed by atoms with E-state index in [-0.39, 0.29) is 24.4 Å². The highest BCUT2D eigenvalue weighted by atomic mass is 19.1. The number of methoxy groups -OCH3 is 1. The molecule has 1 aromatic rings. The molecule has 1 aromatic carbocycles. The van der Waals surface area contributed by atoms with Crippen LogP contribution in [0.1, 0.15) is 22.3 Å². The van der Waals surface area contributed by atoms with Gasteiger partial charge in [-0.05, 0) is 37.1 Å². The van der Waals surface area contributed by atoms with E-state index in [1.54, 1.807) is 6.92 Å². The van der Waals surface area contributed by atoms with Crippen LogP contribution < -0.4 is 5.32 Å². The molecular formula is C13H18FNO3. The Bertz CT molecular complexity index is 403. The van der Waals surface area contributed by atoms with Crippen LogP contribution in [0.4, 0.5) is 4.39 Å². The molecule has 1 atom stereocenters. The first-order chi connectivity index (χ1) is 8.58. The lowest BCUT2D eigenvalue weighted by molar-refractivity contribution is 0.0878. The summed E-state index contributed by atoms with van der Waals surface area (Å²) in [6, 6.07) is 3.76. The number of aliphatic hydroxyl groups excluding tert-OH is 1. The smallest absolute Gasteiger partial charge is 0.251 e. The molecule has 0 radical (unpaired) electrons. The van der Waals surface area contributed by atoms with Crippen molar-refractivity contribution in [2.75, 3.05) is 20.3 Å². The fourth-order valence-corrected chi connectivity index (χ4v) is 1.70. The van der Waals surface area contributed by atoms with Gasteiger partial charge < -0.3 is 15.2 Å². The molecule has 0 aromatic heterocycles. The van der Waals surface area contributed by atoms with E-state index in [4.69, 9.17) is 9.84 Å². The SMILES string of the molecule is COCC(CCO)NC(=O)c1ccc(F)cc1C. The first kappa shape index (κ1) is 14.6. The lowest BCUT2D eigenvalue weighted by Crippen LogP contribution is -2.39. The summed E-state index contributed by atoms with van der Waals surface area (Å²) in [6.07, 6.45) is 0.416.